The second-order valence-corrected chi connectivity index (χ2v) is 6.79. The van der Waals surface area contributed by atoms with Crippen molar-refractivity contribution in [2.24, 2.45) is 0 Å². The number of thiazole rings is 1. The molecule has 1 unspecified atom stereocenters. The van der Waals surface area contributed by atoms with Crippen molar-refractivity contribution >= 4 is 23.2 Å². The smallest absolute Gasteiger partial charge is 0.273 e. The lowest BCUT2D eigenvalue weighted by molar-refractivity contribution is -0.143. The van der Waals surface area contributed by atoms with E-state index in [4.69, 9.17) is 0 Å². The Morgan fingerprint density at radius 2 is 2.27 bits per heavy atom. The van der Waals surface area contributed by atoms with Crippen LogP contribution in [0.5, 0.6) is 0 Å². The molecule has 0 bridgehead atoms. The molecule has 2 fully saturated rings. The summed E-state index contributed by atoms with van der Waals surface area (Å²) >= 11 is 1.43. The number of likely N-dealkylation sites (tertiary alicyclic amines) is 2. The molecule has 1 aromatic rings. The molecule has 22 heavy (non-hydrogen) atoms. The Kier molecular flexibility index (Phi) is 4.29. The molecule has 118 valence electrons. The van der Waals surface area contributed by atoms with Crippen LogP contribution < -0.4 is 0 Å². The van der Waals surface area contributed by atoms with Crippen molar-refractivity contribution in [1.82, 2.24) is 14.8 Å². The minimum Gasteiger partial charge on any atom is -0.335 e. The zero-order chi connectivity index (χ0) is 15.6. The summed E-state index contributed by atoms with van der Waals surface area (Å²) < 4.78 is 0. The Hall–Kier alpha value is -1.69. The van der Waals surface area contributed by atoms with Gasteiger partial charge in [0.15, 0.2) is 0 Å². The largest absolute Gasteiger partial charge is 0.335 e. The van der Waals surface area contributed by atoms with Gasteiger partial charge in [-0.05, 0) is 25.7 Å². The molecule has 2 amide bonds. The molecule has 3 heterocycles. The van der Waals surface area contributed by atoms with Crippen LogP contribution in [0.2, 0.25) is 0 Å². The second kappa shape index (κ2) is 6.20. The van der Waals surface area contributed by atoms with Gasteiger partial charge in [0.25, 0.3) is 5.91 Å². The number of nitrogens with zero attached hydrogens (tertiary/aromatic N) is 3. The fraction of sp³-hybridized carbons (Fsp3) is 0.562. The summed E-state index contributed by atoms with van der Waals surface area (Å²) in [7, 11) is 0. The van der Waals surface area contributed by atoms with E-state index >= 15 is 0 Å². The zero-order valence-electron chi connectivity index (χ0n) is 12.7. The number of rotatable bonds is 3. The highest BCUT2D eigenvalue weighted by molar-refractivity contribution is 7.07. The molecule has 1 aromatic heterocycles. The SMILES string of the molecule is C=CCN1C(=O)CCCC12CCCN(C(=O)c1cscn1)C2. The van der Waals surface area contributed by atoms with Crippen LogP contribution in [-0.2, 0) is 4.79 Å². The van der Waals surface area contributed by atoms with E-state index < -0.39 is 0 Å². The average molecular weight is 319 g/mol. The van der Waals surface area contributed by atoms with Gasteiger partial charge in [0, 0.05) is 31.4 Å². The standard InChI is InChI=1S/C16H21N3O2S/c1-2-8-19-14(20)5-3-6-16(19)7-4-9-18(11-16)15(21)13-10-22-12-17-13/h2,10,12H,1,3-9,11H2. The van der Waals surface area contributed by atoms with Gasteiger partial charge in [-0.2, -0.15) is 0 Å². The third-order valence-corrected chi connectivity index (χ3v) is 5.30. The fourth-order valence-corrected chi connectivity index (χ4v) is 4.24. The van der Waals surface area contributed by atoms with Crippen LogP contribution in [0.1, 0.15) is 42.6 Å². The average Bonchev–Trinajstić information content (AvgIpc) is 3.05. The van der Waals surface area contributed by atoms with Crippen LogP contribution >= 0.6 is 11.3 Å². The number of carbonyl (C=O) groups is 2. The molecule has 1 atom stereocenters. The molecule has 0 saturated carbocycles. The van der Waals surface area contributed by atoms with Crippen molar-refractivity contribution < 1.29 is 9.59 Å². The zero-order valence-corrected chi connectivity index (χ0v) is 13.5. The first-order chi connectivity index (χ1) is 10.7. The van der Waals surface area contributed by atoms with E-state index in [0.29, 0.717) is 25.2 Å². The summed E-state index contributed by atoms with van der Waals surface area (Å²) in [6.45, 7) is 5.70. The highest BCUT2D eigenvalue weighted by Crippen LogP contribution is 2.37. The predicted octanol–water partition coefficient (Wildman–Crippen LogP) is 2.32. The molecule has 2 aliphatic rings. The second-order valence-electron chi connectivity index (χ2n) is 6.07. The minimum atomic E-state index is -0.215. The number of aromatic nitrogens is 1. The summed E-state index contributed by atoms with van der Waals surface area (Å²) in [4.78, 5) is 32.8. The molecule has 2 saturated heterocycles. The van der Waals surface area contributed by atoms with Crippen LogP contribution in [0.4, 0.5) is 0 Å². The molecule has 0 N–H and O–H groups in total. The molecular weight excluding hydrogens is 298 g/mol. The van der Waals surface area contributed by atoms with Crippen molar-refractivity contribution in [3.8, 4) is 0 Å². The Morgan fingerprint density at radius 3 is 3.00 bits per heavy atom. The van der Waals surface area contributed by atoms with Gasteiger partial charge in [-0.1, -0.05) is 6.08 Å². The van der Waals surface area contributed by atoms with Gasteiger partial charge in [-0.15, -0.1) is 17.9 Å². The lowest BCUT2D eigenvalue weighted by Crippen LogP contribution is -2.63. The summed E-state index contributed by atoms with van der Waals surface area (Å²) in [5.41, 5.74) is 1.98. The van der Waals surface area contributed by atoms with Gasteiger partial charge in [0.1, 0.15) is 5.69 Å². The van der Waals surface area contributed by atoms with E-state index in [1.54, 1.807) is 17.0 Å². The number of carbonyl (C=O) groups excluding carboxylic acids is 2. The monoisotopic (exact) mass is 319 g/mol. The van der Waals surface area contributed by atoms with Crippen LogP contribution in [0, 0.1) is 0 Å². The molecule has 0 radical (unpaired) electrons. The first-order valence-corrected chi connectivity index (χ1v) is 8.69. The summed E-state index contributed by atoms with van der Waals surface area (Å²) in [6.07, 6.45) is 6.16. The number of piperidine rings is 2. The molecule has 3 rings (SSSR count). The van der Waals surface area contributed by atoms with Crippen LogP contribution in [0.3, 0.4) is 0 Å². The Morgan fingerprint density at radius 1 is 1.45 bits per heavy atom. The van der Waals surface area contributed by atoms with Crippen molar-refractivity contribution in [2.75, 3.05) is 19.6 Å². The van der Waals surface area contributed by atoms with Crippen molar-refractivity contribution in [3.63, 3.8) is 0 Å². The van der Waals surface area contributed by atoms with Gasteiger partial charge in [-0.25, -0.2) is 4.98 Å². The highest BCUT2D eigenvalue weighted by atomic mass is 32.1. The van der Waals surface area contributed by atoms with Gasteiger partial charge in [0.2, 0.25) is 5.91 Å². The first kappa shape index (κ1) is 15.2. The van der Waals surface area contributed by atoms with Crippen molar-refractivity contribution in [3.05, 3.63) is 29.2 Å². The quantitative estimate of drug-likeness (QED) is 0.804. The third kappa shape index (κ3) is 2.67. The van der Waals surface area contributed by atoms with E-state index in [2.05, 4.69) is 11.6 Å². The summed E-state index contributed by atoms with van der Waals surface area (Å²) in [5, 5.41) is 1.79. The van der Waals surface area contributed by atoms with Gasteiger partial charge >= 0.3 is 0 Å². The highest BCUT2D eigenvalue weighted by Gasteiger charge is 2.45. The topological polar surface area (TPSA) is 53.5 Å². The van der Waals surface area contributed by atoms with Crippen LogP contribution in [-0.4, -0.2) is 51.8 Å². The minimum absolute atomic E-state index is 0.0168. The maximum atomic E-state index is 12.6. The maximum absolute atomic E-state index is 12.6. The number of amides is 2. The van der Waals surface area contributed by atoms with E-state index in [-0.39, 0.29) is 17.4 Å². The van der Waals surface area contributed by atoms with E-state index in [1.165, 1.54) is 11.3 Å². The Bertz CT molecular complexity index is 568. The predicted molar refractivity (Wildman–Crippen MR) is 85.7 cm³/mol. The van der Waals surface area contributed by atoms with Crippen molar-refractivity contribution in [2.45, 2.75) is 37.6 Å². The van der Waals surface area contributed by atoms with Crippen LogP contribution in [0.25, 0.3) is 0 Å². The lowest BCUT2D eigenvalue weighted by atomic mass is 9.79. The first-order valence-electron chi connectivity index (χ1n) is 7.75. The summed E-state index contributed by atoms with van der Waals surface area (Å²) in [5.74, 6) is 0.172. The lowest BCUT2D eigenvalue weighted by Gasteiger charge is -2.51. The van der Waals surface area contributed by atoms with E-state index in [0.717, 1.165) is 32.2 Å². The number of hydrogen-bond donors (Lipinski definition) is 0. The summed E-state index contributed by atoms with van der Waals surface area (Å²) in [6, 6.07) is 0. The number of hydrogen-bond acceptors (Lipinski definition) is 4. The van der Waals surface area contributed by atoms with Crippen molar-refractivity contribution in [1.29, 1.82) is 0 Å². The molecule has 5 nitrogen and oxygen atoms in total. The van der Waals surface area contributed by atoms with Gasteiger partial charge in [0.05, 0.1) is 11.0 Å². The van der Waals surface area contributed by atoms with Gasteiger partial charge < -0.3 is 9.80 Å². The van der Waals surface area contributed by atoms with Crippen LogP contribution in [0.15, 0.2) is 23.5 Å². The molecular formula is C16H21N3O2S. The fourth-order valence-electron chi connectivity index (χ4n) is 3.72. The molecule has 0 aromatic carbocycles. The normalized spacial score (nSPS) is 25.5. The molecule has 2 aliphatic heterocycles. The Labute approximate surface area is 134 Å². The molecule has 0 aliphatic carbocycles. The maximum Gasteiger partial charge on any atom is 0.273 e. The third-order valence-electron chi connectivity index (χ3n) is 4.71. The van der Waals surface area contributed by atoms with Gasteiger partial charge in [-0.3, -0.25) is 9.59 Å². The molecule has 6 heteroatoms. The molecule has 1 spiro atoms. The van der Waals surface area contributed by atoms with E-state index in [9.17, 15) is 9.59 Å². The van der Waals surface area contributed by atoms with E-state index in [1.807, 2.05) is 9.80 Å². The Balaban J connectivity index is 1.82.